The van der Waals surface area contributed by atoms with Gasteiger partial charge >= 0.3 is 11.9 Å². The Bertz CT molecular complexity index is 769. The molecule has 0 amide bonds. The number of esters is 2. The standard InChI is InChI=1S/C51H100O5/c1-3-5-7-9-11-13-15-17-19-21-23-25-27-29-31-33-35-37-39-41-43-45-50(53)55-48-49(47-52)56-51(54)46-44-42-40-38-36-34-32-30-28-26-24-22-20-18-16-14-12-10-8-6-4-2/h49,52H,3-48H2,1-2H3. The molecule has 5 heteroatoms. The minimum absolute atomic E-state index is 0.0559. The van der Waals surface area contributed by atoms with Crippen LogP contribution in [0.2, 0.25) is 0 Å². The van der Waals surface area contributed by atoms with E-state index in [1.807, 2.05) is 0 Å². The summed E-state index contributed by atoms with van der Waals surface area (Å²) < 4.78 is 10.7. The average Bonchev–Trinajstić information content (AvgIpc) is 3.20. The number of unbranched alkanes of at least 4 members (excludes halogenated alkanes) is 40. The number of hydrogen-bond donors (Lipinski definition) is 1. The van der Waals surface area contributed by atoms with Gasteiger partial charge in [-0.25, -0.2) is 0 Å². The maximum Gasteiger partial charge on any atom is 0.306 e. The summed E-state index contributed by atoms with van der Waals surface area (Å²) in [5.41, 5.74) is 0. The highest BCUT2D eigenvalue weighted by molar-refractivity contribution is 5.70. The van der Waals surface area contributed by atoms with Gasteiger partial charge in [-0.1, -0.05) is 271 Å². The van der Waals surface area contributed by atoms with Crippen LogP contribution in [-0.2, 0) is 19.1 Å². The van der Waals surface area contributed by atoms with E-state index in [2.05, 4.69) is 13.8 Å². The van der Waals surface area contributed by atoms with Crippen molar-refractivity contribution in [2.75, 3.05) is 13.2 Å². The van der Waals surface area contributed by atoms with E-state index in [0.29, 0.717) is 12.8 Å². The molecule has 0 saturated carbocycles. The molecular formula is C51H100O5. The maximum absolute atomic E-state index is 12.3. The lowest BCUT2D eigenvalue weighted by Crippen LogP contribution is -2.28. The Morgan fingerprint density at radius 2 is 0.554 bits per heavy atom. The van der Waals surface area contributed by atoms with Crippen LogP contribution in [-0.4, -0.2) is 36.4 Å². The van der Waals surface area contributed by atoms with Crippen LogP contribution in [0.3, 0.4) is 0 Å². The van der Waals surface area contributed by atoms with Crippen LogP contribution < -0.4 is 0 Å². The lowest BCUT2D eigenvalue weighted by atomic mass is 10.0. The molecule has 0 aliphatic heterocycles. The number of hydrogen-bond acceptors (Lipinski definition) is 5. The number of aliphatic hydroxyl groups is 1. The van der Waals surface area contributed by atoms with Gasteiger partial charge in [0.1, 0.15) is 6.61 Å². The van der Waals surface area contributed by atoms with Gasteiger partial charge in [-0.3, -0.25) is 9.59 Å². The van der Waals surface area contributed by atoms with Gasteiger partial charge in [-0.2, -0.15) is 0 Å². The zero-order chi connectivity index (χ0) is 40.7. The maximum atomic E-state index is 12.3. The van der Waals surface area contributed by atoms with E-state index < -0.39 is 6.10 Å². The molecule has 1 unspecified atom stereocenters. The molecule has 0 aliphatic carbocycles. The van der Waals surface area contributed by atoms with Crippen molar-refractivity contribution in [1.29, 1.82) is 0 Å². The van der Waals surface area contributed by atoms with Gasteiger partial charge in [-0.05, 0) is 12.8 Å². The number of ether oxygens (including phenoxy) is 2. The Morgan fingerprint density at radius 3 is 0.786 bits per heavy atom. The summed E-state index contributed by atoms with van der Waals surface area (Å²) in [6.07, 6.45) is 56.3. The fraction of sp³-hybridized carbons (Fsp3) is 0.961. The van der Waals surface area contributed by atoms with Gasteiger partial charge in [-0.15, -0.1) is 0 Å². The molecule has 5 nitrogen and oxygen atoms in total. The van der Waals surface area contributed by atoms with E-state index in [4.69, 9.17) is 9.47 Å². The molecule has 0 aromatic rings. The molecule has 0 saturated heterocycles. The van der Waals surface area contributed by atoms with Crippen molar-refractivity contribution in [1.82, 2.24) is 0 Å². The summed E-state index contributed by atoms with van der Waals surface area (Å²) in [5, 5.41) is 9.62. The SMILES string of the molecule is CCCCCCCCCCCCCCCCCCCCCCCC(=O)OCC(CO)OC(=O)CCCCCCCCCCCCCCCCCCCCCCC. The molecule has 0 bridgehead atoms. The van der Waals surface area contributed by atoms with E-state index in [1.54, 1.807) is 0 Å². The molecule has 0 aromatic heterocycles. The van der Waals surface area contributed by atoms with E-state index >= 15 is 0 Å². The minimum atomic E-state index is -0.763. The zero-order valence-corrected chi connectivity index (χ0v) is 38.2. The summed E-state index contributed by atoms with van der Waals surface area (Å²) in [6.45, 7) is 4.20. The van der Waals surface area contributed by atoms with E-state index in [1.165, 1.54) is 238 Å². The minimum Gasteiger partial charge on any atom is -0.462 e. The van der Waals surface area contributed by atoms with E-state index in [-0.39, 0.29) is 25.2 Å². The summed E-state index contributed by atoms with van der Waals surface area (Å²) in [4.78, 5) is 24.4. The van der Waals surface area contributed by atoms with Crippen LogP contribution in [0.4, 0.5) is 0 Å². The lowest BCUT2D eigenvalue weighted by Gasteiger charge is -2.15. The first-order valence-electron chi connectivity index (χ1n) is 25.6. The Morgan fingerprint density at radius 1 is 0.339 bits per heavy atom. The molecule has 56 heavy (non-hydrogen) atoms. The quantitative estimate of drug-likeness (QED) is 0.0491. The summed E-state index contributed by atoms with van der Waals surface area (Å²) >= 11 is 0. The second-order valence-corrected chi connectivity index (χ2v) is 17.6. The molecule has 0 spiro atoms. The van der Waals surface area contributed by atoms with Gasteiger partial charge in [0, 0.05) is 12.8 Å². The smallest absolute Gasteiger partial charge is 0.306 e. The fourth-order valence-electron chi connectivity index (χ4n) is 8.03. The summed E-state index contributed by atoms with van der Waals surface area (Å²) in [6, 6.07) is 0. The van der Waals surface area contributed by atoms with Crippen molar-refractivity contribution in [3.05, 3.63) is 0 Å². The molecule has 334 valence electrons. The van der Waals surface area contributed by atoms with Gasteiger partial charge in [0.05, 0.1) is 6.61 Å². The number of aliphatic hydroxyl groups excluding tert-OH is 1. The van der Waals surface area contributed by atoms with Gasteiger partial charge in [0.2, 0.25) is 0 Å². The largest absolute Gasteiger partial charge is 0.462 e. The van der Waals surface area contributed by atoms with E-state index in [9.17, 15) is 14.7 Å². The molecule has 0 rings (SSSR count). The van der Waals surface area contributed by atoms with Crippen LogP contribution in [0.1, 0.15) is 296 Å². The second kappa shape index (κ2) is 48.3. The molecule has 0 fully saturated rings. The van der Waals surface area contributed by atoms with Crippen molar-refractivity contribution in [3.63, 3.8) is 0 Å². The van der Waals surface area contributed by atoms with Crippen molar-refractivity contribution in [3.8, 4) is 0 Å². The van der Waals surface area contributed by atoms with Crippen molar-refractivity contribution < 1.29 is 24.2 Å². The van der Waals surface area contributed by atoms with Gasteiger partial charge in [0.25, 0.3) is 0 Å². The van der Waals surface area contributed by atoms with Crippen LogP contribution in [0.5, 0.6) is 0 Å². The van der Waals surface area contributed by atoms with Crippen molar-refractivity contribution in [2.45, 2.75) is 302 Å². The Labute approximate surface area is 350 Å². The van der Waals surface area contributed by atoms with E-state index in [0.717, 1.165) is 32.1 Å². The second-order valence-electron chi connectivity index (χ2n) is 17.6. The first kappa shape index (κ1) is 54.9. The van der Waals surface area contributed by atoms with Crippen LogP contribution in [0.25, 0.3) is 0 Å². The predicted molar refractivity (Wildman–Crippen MR) is 242 cm³/mol. The fourth-order valence-corrected chi connectivity index (χ4v) is 8.03. The Kier molecular flexibility index (Phi) is 47.3. The third kappa shape index (κ3) is 45.6. The van der Waals surface area contributed by atoms with Gasteiger partial charge < -0.3 is 14.6 Å². The molecule has 1 atom stereocenters. The zero-order valence-electron chi connectivity index (χ0n) is 38.2. The first-order valence-corrected chi connectivity index (χ1v) is 25.6. The number of carbonyl (C=O) groups is 2. The highest BCUT2D eigenvalue weighted by atomic mass is 16.6. The molecule has 0 heterocycles. The molecule has 0 aliphatic rings. The van der Waals surface area contributed by atoms with Gasteiger partial charge in [0.15, 0.2) is 6.10 Å². The number of carbonyl (C=O) groups excluding carboxylic acids is 2. The predicted octanol–water partition coefficient (Wildman–Crippen LogP) is 16.6. The average molecular weight is 793 g/mol. The van der Waals surface area contributed by atoms with Crippen molar-refractivity contribution in [2.24, 2.45) is 0 Å². The molecule has 0 aromatic carbocycles. The first-order chi connectivity index (χ1) is 27.6. The van der Waals surface area contributed by atoms with Crippen molar-refractivity contribution >= 4 is 11.9 Å². The molecule has 1 N–H and O–H groups in total. The highest BCUT2D eigenvalue weighted by Gasteiger charge is 2.16. The van der Waals surface area contributed by atoms with Crippen LogP contribution in [0.15, 0.2) is 0 Å². The molecular weight excluding hydrogens is 693 g/mol. The summed E-state index contributed by atoms with van der Waals surface area (Å²) in [7, 11) is 0. The lowest BCUT2D eigenvalue weighted by molar-refractivity contribution is -0.161. The van der Waals surface area contributed by atoms with Crippen LogP contribution in [0, 0.1) is 0 Å². The third-order valence-electron chi connectivity index (χ3n) is 11.9. The normalized spacial score (nSPS) is 12.0. The topological polar surface area (TPSA) is 72.8 Å². The monoisotopic (exact) mass is 793 g/mol. The Hall–Kier alpha value is -1.10. The highest BCUT2D eigenvalue weighted by Crippen LogP contribution is 2.17. The Balaban J connectivity index is 3.42. The third-order valence-corrected chi connectivity index (χ3v) is 11.9. The summed E-state index contributed by atoms with van der Waals surface area (Å²) in [5.74, 6) is -0.566. The molecule has 0 radical (unpaired) electrons. The van der Waals surface area contributed by atoms with Crippen LogP contribution >= 0.6 is 0 Å². The number of rotatable bonds is 48.